The molecule has 7 heteroatoms. The van der Waals surface area contributed by atoms with Crippen LogP contribution in [0.3, 0.4) is 0 Å². The predicted molar refractivity (Wildman–Crippen MR) is 67.4 cm³/mol. The SMILES string of the molecule is Fc1ccccc1COc1nc(Cl)nc2[nH]ncc12. The van der Waals surface area contributed by atoms with Crippen LogP contribution in [0.15, 0.2) is 30.5 Å². The van der Waals surface area contributed by atoms with E-state index in [0.717, 1.165) is 0 Å². The van der Waals surface area contributed by atoms with Crippen LogP contribution in [0.5, 0.6) is 5.88 Å². The monoisotopic (exact) mass is 278 g/mol. The van der Waals surface area contributed by atoms with Crippen molar-refractivity contribution in [2.45, 2.75) is 6.61 Å². The van der Waals surface area contributed by atoms with E-state index < -0.39 is 0 Å². The van der Waals surface area contributed by atoms with Gasteiger partial charge in [0.05, 0.1) is 6.20 Å². The van der Waals surface area contributed by atoms with Crippen LogP contribution in [0.1, 0.15) is 5.56 Å². The van der Waals surface area contributed by atoms with Gasteiger partial charge in [-0.2, -0.15) is 15.1 Å². The number of aromatic amines is 1. The maximum absolute atomic E-state index is 13.5. The van der Waals surface area contributed by atoms with E-state index in [1.165, 1.54) is 12.3 Å². The molecule has 0 bridgehead atoms. The predicted octanol–water partition coefficient (Wildman–Crippen LogP) is 2.72. The summed E-state index contributed by atoms with van der Waals surface area (Å²) in [6.45, 7) is 0.0558. The Morgan fingerprint density at radius 2 is 2.11 bits per heavy atom. The van der Waals surface area contributed by atoms with Crippen molar-refractivity contribution in [3.05, 3.63) is 47.1 Å². The fourth-order valence-electron chi connectivity index (χ4n) is 1.65. The van der Waals surface area contributed by atoms with Gasteiger partial charge in [-0.05, 0) is 17.7 Å². The van der Waals surface area contributed by atoms with E-state index in [9.17, 15) is 4.39 Å². The smallest absolute Gasteiger partial charge is 0.229 e. The summed E-state index contributed by atoms with van der Waals surface area (Å²) in [5.41, 5.74) is 0.914. The Bertz CT molecular complexity index is 731. The lowest BCUT2D eigenvalue weighted by atomic mass is 10.2. The maximum Gasteiger partial charge on any atom is 0.229 e. The van der Waals surface area contributed by atoms with E-state index in [4.69, 9.17) is 16.3 Å². The first-order chi connectivity index (χ1) is 9.24. The zero-order valence-corrected chi connectivity index (χ0v) is 10.4. The number of rotatable bonds is 3. The van der Waals surface area contributed by atoms with Crippen molar-refractivity contribution in [3.63, 3.8) is 0 Å². The minimum absolute atomic E-state index is 0.0419. The van der Waals surface area contributed by atoms with Crippen molar-refractivity contribution in [1.82, 2.24) is 20.2 Å². The molecule has 0 saturated carbocycles. The Balaban J connectivity index is 1.90. The van der Waals surface area contributed by atoms with Gasteiger partial charge in [-0.3, -0.25) is 5.10 Å². The number of benzene rings is 1. The number of hydrogen-bond donors (Lipinski definition) is 1. The van der Waals surface area contributed by atoms with Crippen LogP contribution in [-0.2, 0) is 6.61 Å². The minimum Gasteiger partial charge on any atom is -0.472 e. The third kappa shape index (κ3) is 2.34. The van der Waals surface area contributed by atoms with E-state index in [1.54, 1.807) is 18.2 Å². The highest BCUT2D eigenvalue weighted by atomic mass is 35.5. The van der Waals surface area contributed by atoms with Crippen molar-refractivity contribution in [1.29, 1.82) is 0 Å². The quantitative estimate of drug-likeness (QED) is 0.748. The summed E-state index contributed by atoms with van der Waals surface area (Å²) in [7, 11) is 0. The van der Waals surface area contributed by atoms with E-state index in [-0.39, 0.29) is 23.6 Å². The van der Waals surface area contributed by atoms with Gasteiger partial charge in [0.25, 0.3) is 0 Å². The number of H-pyrrole nitrogens is 1. The number of aromatic nitrogens is 4. The molecular formula is C12H8ClFN4O. The molecule has 0 aliphatic heterocycles. The van der Waals surface area contributed by atoms with Gasteiger partial charge in [-0.15, -0.1) is 0 Å². The van der Waals surface area contributed by atoms with Crippen LogP contribution >= 0.6 is 11.6 Å². The van der Waals surface area contributed by atoms with Crippen LogP contribution in [-0.4, -0.2) is 20.2 Å². The topological polar surface area (TPSA) is 63.7 Å². The summed E-state index contributed by atoms with van der Waals surface area (Å²) in [5.74, 6) is -0.0573. The first-order valence-corrected chi connectivity index (χ1v) is 5.84. The Morgan fingerprint density at radius 1 is 1.26 bits per heavy atom. The normalized spacial score (nSPS) is 10.8. The first kappa shape index (κ1) is 11.9. The van der Waals surface area contributed by atoms with Gasteiger partial charge in [0, 0.05) is 5.56 Å². The van der Waals surface area contributed by atoms with E-state index in [0.29, 0.717) is 16.6 Å². The van der Waals surface area contributed by atoms with Crippen LogP contribution < -0.4 is 4.74 Å². The maximum atomic E-state index is 13.5. The number of nitrogens with zero attached hydrogens (tertiary/aromatic N) is 3. The molecular weight excluding hydrogens is 271 g/mol. The molecule has 2 heterocycles. The molecule has 0 spiro atoms. The van der Waals surface area contributed by atoms with E-state index >= 15 is 0 Å². The van der Waals surface area contributed by atoms with Crippen LogP contribution in [0.4, 0.5) is 4.39 Å². The average Bonchev–Trinajstić information content (AvgIpc) is 2.85. The summed E-state index contributed by atoms with van der Waals surface area (Å²) in [6.07, 6.45) is 1.53. The number of ether oxygens (including phenoxy) is 1. The lowest BCUT2D eigenvalue weighted by Crippen LogP contribution is -2.01. The van der Waals surface area contributed by atoms with Crippen molar-refractivity contribution < 1.29 is 9.13 Å². The van der Waals surface area contributed by atoms with E-state index in [2.05, 4.69) is 20.2 Å². The largest absolute Gasteiger partial charge is 0.472 e. The Morgan fingerprint density at radius 3 is 2.95 bits per heavy atom. The second kappa shape index (κ2) is 4.81. The lowest BCUT2D eigenvalue weighted by Gasteiger charge is -2.07. The Hall–Kier alpha value is -2.21. The zero-order valence-electron chi connectivity index (χ0n) is 9.60. The standard InChI is InChI=1S/C12H8ClFN4O/c13-12-16-10-8(5-15-18-10)11(17-12)19-6-7-3-1-2-4-9(7)14/h1-5H,6H2,(H,15,16,17,18). The molecule has 3 rings (SSSR count). The number of hydrogen-bond acceptors (Lipinski definition) is 4. The number of fused-ring (bicyclic) bond motifs is 1. The van der Waals surface area contributed by atoms with Crippen molar-refractivity contribution >= 4 is 22.6 Å². The molecule has 0 radical (unpaired) electrons. The first-order valence-electron chi connectivity index (χ1n) is 5.47. The average molecular weight is 279 g/mol. The molecule has 2 aromatic heterocycles. The molecule has 96 valence electrons. The highest BCUT2D eigenvalue weighted by Crippen LogP contribution is 2.23. The Kier molecular flexibility index (Phi) is 3.00. The molecule has 0 fully saturated rings. The molecule has 1 N–H and O–H groups in total. The van der Waals surface area contributed by atoms with Gasteiger partial charge >= 0.3 is 0 Å². The van der Waals surface area contributed by atoms with Crippen molar-refractivity contribution in [2.24, 2.45) is 0 Å². The van der Waals surface area contributed by atoms with E-state index in [1.807, 2.05) is 0 Å². The highest BCUT2D eigenvalue weighted by molar-refractivity contribution is 6.28. The van der Waals surface area contributed by atoms with Crippen molar-refractivity contribution in [2.75, 3.05) is 0 Å². The molecule has 0 aliphatic carbocycles. The Labute approximate surface area is 112 Å². The molecule has 3 aromatic rings. The second-order valence-corrected chi connectivity index (χ2v) is 4.15. The van der Waals surface area contributed by atoms with Gasteiger partial charge in [-0.25, -0.2) is 4.39 Å². The third-order valence-corrected chi connectivity index (χ3v) is 2.74. The van der Waals surface area contributed by atoms with Crippen LogP contribution in [0.25, 0.3) is 11.0 Å². The number of nitrogens with one attached hydrogen (secondary N) is 1. The van der Waals surface area contributed by atoms with Gasteiger partial charge in [-0.1, -0.05) is 18.2 Å². The third-order valence-electron chi connectivity index (χ3n) is 2.57. The molecule has 19 heavy (non-hydrogen) atoms. The number of halogens is 2. The minimum atomic E-state index is -0.328. The second-order valence-electron chi connectivity index (χ2n) is 3.81. The summed E-state index contributed by atoms with van der Waals surface area (Å²) in [5, 5.41) is 7.15. The molecule has 0 amide bonds. The fraction of sp³-hybridized carbons (Fsp3) is 0.0833. The molecule has 0 saturated heterocycles. The zero-order chi connectivity index (χ0) is 13.2. The van der Waals surface area contributed by atoms with Gasteiger partial charge < -0.3 is 4.74 Å². The lowest BCUT2D eigenvalue weighted by molar-refractivity contribution is 0.291. The summed E-state index contributed by atoms with van der Waals surface area (Å²) in [4.78, 5) is 7.92. The van der Waals surface area contributed by atoms with Crippen LogP contribution in [0.2, 0.25) is 5.28 Å². The van der Waals surface area contributed by atoms with Crippen molar-refractivity contribution in [3.8, 4) is 5.88 Å². The molecule has 1 aromatic carbocycles. The fourth-order valence-corrected chi connectivity index (χ4v) is 1.82. The van der Waals surface area contributed by atoms with Crippen LogP contribution in [0, 0.1) is 5.82 Å². The highest BCUT2D eigenvalue weighted by Gasteiger charge is 2.10. The molecule has 5 nitrogen and oxygen atoms in total. The molecule has 0 unspecified atom stereocenters. The summed E-state index contributed by atoms with van der Waals surface area (Å²) < 4.78 is 19.0. The van der Waals surface area contributed by atoms with Gasteiger partial charge in [0.15, 0.2) is 5.65 Å². The molecule has 0 atom stereocenters. The summed E-state index contributed by atoms with van der Waals surface area (Å²) in [6, 6.07) is 6.38. The van der Waals surface area contributed by atoms with Gasteiger partial charge in [0.1, 0.15) is 17.8 Å². The summed E-state index contributed by atoms with van der Waals surface area (Å²) >= 11 is 5.77. The molecule has 0 aliphatic rings. The van der Waals surface area contributed by atoms with Gasteiger partial charge in [0.2, 0.25) is 11.2 Å².